The molecule has 2 unspecified atom stereocenters. The Bertz CT molecular complexity index is 442. The number of benzene rings is 1. The molecule has 22 heavy (non-hydrogen) atoms. The summed E-state index contributed by atoms with van der Waals surface area (Å²) in [5, 5.41) is 32.7. The van der Waals surface area contributed by atoms with Crippen molar-refractivity contribution >= 4 is 0 Å². The van der Waals surface area contributed by atoms with E-state index in [1.807, 2.05) is 25.1 Å². The second-order valence-electron chi connectivity index (χ2n) is 6.21. The van der Waals surface area contributed by atoms with E-state index in [1.165, 1.54) is 5.56 Å². The topological polar surface area (TPSA) is 82.0 Å². The molecule has 0 aliphatic carbocycles. The molecule has 1 saturated heterocycles. The van der Waals surface area contributed by atoms with Crippen LogP contribution >= 0.6 is 0 Å². The van der Waals surface area contributed by atoms with Crippen molar-refractivity contribution in [3.8, 4) is 0 Å². The molecule has 4 N–H and O–H groups in total. The summed E-state index contributed by atoms with van der Waals surface area (Å²) in [7, 11) is 0. The molecule has 0 bridgehead atoms. The molecule has 0 radical (unpaired) electrons. The lowest BCUT2D eigenvalue weighted by Gasteiger charge is -2.41. The average molecular weight is 309 g/mol. The van der Waals surface area contributed by atoms with Crippen LogP contribution in [0.5, 0.6) is 0 Å². The Morgan fingerprint density at radius 3 is 2.50 bits per heavy atom. The lowest BCUT2D eigenvalue weighted by Crippen LogP contribution is -2.57. The number of nitrogens with one attached hydrogen (secondary N) is 1. The molecule has 1 aromatic rings. The van der Waals surface area contributed by atoms with Gasteiger partial charge in [0.1, 0.15) is 12.2 Å². The van der Waals surface area contributed by atoms with Gasteiger partial charge in [-0.1, -0.05) is 30.3 Å². The van der Waals surface area contributed by atoms with Crippen molar-refractivity contribution in [2.75, 3.05) is 13.2 Å². The van der Waals surface area contributed by atoms with Gasteiger partial charge in [0, 0.05) is 18.5 Å². The lowest BCUT2D eigenvalue weighted by molar-refractivity contribution is -0.203. The smallest absolute Gasteiger partial charge is 0.109 e. The van der Waals surface area contributed by atoms with Gasteiger partial charge in [0.2, 0.25) is 0 Å². The van der Waals surface area contributed by atoms with Crippen LogP contribution in [0.4, 0.5) is 0 Å². The molecule has 0 saturated carbocycles. The minimum atomic E-state index is -1.04. The zero-order valence-electron chi connectivity index (χ0n) is 13.2. The summed E-state index contributed by atoms with van der Waals surface area (Å²) < 4.78 is 5.58. The summed E-state index contributed by atoms with van der Waals surface area (Å²) in [6.07, 6.45) is -1.95. The van der Waals surface area contributed by atoms with Crippen LogP contribution in [-0.4, -0.2) is 58.9 Å². The fourth-order valence-electron chi connectivity index (χ4n) is 3.02. The van der Waals surface area contributed by atoms with Crippen molar-refractivity contribution < 1.29 is 20.1 Å². The number of hydrogen-bond donors (Lipinski definition) is 4. The zero-order chi connectivity index (χ0) is 16.1. The molecular formula is C17H27NO4. The number of hydrogen-bond acceptors (Lipinski definition) is 5. The first-order chi connectivity index (χ1) is 10.5. The molecule has 1 heterocycles. The molecule has 5 heteroatoms. The van der Waals surface area contributed by atoms with E-state index in [9.17, 15) is 10.2 Å². The van der Waals surface area contributed by atoms with Gasteiger partial charge in [-0.05, 0) is 25.8 Å². The second-order valence-corrected chi connectivity index (χ2v) is 6.21. The van der Waals surface area contributed by atoms with Gasteiger partial charge in [0.05, 0.1) is 18.8 Å². The Morgan fingerprint density at radius 2 is 1.86 bits per heavy atom. The van der Waals surface area contributed by atoms with Crippen molar-refractivity contribution in [2.24, 2.45) is 5.92 Å². The average Bonchev–Trinajstić information content (AvgIpc) is 2.51. The van der Waals surface area contributed by atoms with E-state index in [0.29, 0.717) is 6.54 Å². The maximum atomic E-state index is 10.2. The monoisotopic (exact) mass is 309 g/mol. The van der Waals surface area contributed by atoms with E-state index >= 15 is 0 Å². The number of aliphatic hydroxyl groups excluding tert-OH is 3. The summed E-state index contributed by atoms with van der Waals surface area (Å²) in [5.74, 6) is -0.198. The molecule has 124 valence electrons. The summed E-state index contributed by atoms with van der Waals surface area (Å²) in [5.41, 5.74) is 1.26. The molecule has 1 fully saturated rings. The van der Waals surface area contributed by atoms with Gasteiger partial charge in [-0.2, -0.15) is 0 Å². The van der Waals surface area contributed by atoms with Gasteiger partial charge in [-0.25, -0.2) is 0 Å². The van der Waals surface area contributed by atoms with E-state index in [4.69, 9.17) is 9.84 Å². The van der Waals surface area contributed by atoms with Crippen LogP contribution in [-0.2, 0) is 11.2 Å². The minimum absolute atomic E-state index is 0.198. The highest BCUT2D eigenvalue weighted by Gasteiger charge is 2.41. The quantitative estimate of drug-likeness (QED) is 0.609. The molecule has 1 aromatic carbocycles. The third kappa shape index (κ3) is 4.27. The van der Waals surface area contributed by atoms with Gasteiger partial charge >= 0.3 is 0 Å². The van der Waals surface area contributed by atoms with Crippen LogP contribution in [0.2, 0.25) is 0 Å². The second kappa shape index (κ2) is 8.04. The highest BCUT2D eigenvalue weighted by molar-refractivity contribution is 5.15. The normalized spacial score (nSPS) is 33.6. The van der Waals surface area contributed by atoms with Gasteiger partial charge in [0.25, 0.3) is 0 Å². The van der Waals surface area contributed by atoms with E-state index in [2.05, 4.69) is 24.4 Å². The molecule has 0 amide bonds. The molecule has 1 aliphatic heterocycles. The highest BCUT2D eigenvalue weighted by Crippen LogP contribution is 2.25. The fourth-order valence-corrected chi connectivity index (χ4v) is 3.02. The van der Waals surface area contributed by atoms with Crippen molar-refractivity contribution in [3.63, 3.8) is 0 Å². The van der Waals surface area contributed by atoms with Crippen LogP contribution in [0.25, 0.3) is 0 Å². The van der Waals surface area contributed by atoms with Crippen molar-refractivity contribution in [2.45, 2.75) is 50.7 Å². The van der Waals surface area contributed by atoms with Gasteiger partial charge in [-0.3, -0.25) is 0 Å². The van der Waals surface area contributed by atoms with E-state index in [-0.39, 0.29) is 24.7 Å². The van der Waals surface area contributed by atoms with Gasteiger partial charge in [-0.15, -0.1) is 0 Å². The van der Waals surface area contributed by atoms with Crippen molar-refractivity contribution in [3.05, 3.63) is 35.9 Å². The predicted octanol–water partition coefficient (Wildman–Crippen LogP) is 0.325. The molecule has 1 aliphatic rings. The van der Waals surface area contributed by atoms with E-state index < -0.39 is 18.3 Å². The minimum Gasteiger partial charge on any atom is -0.394 e. The molecule has 6 atom stereocenters. The first-order valence-electron chi connectivity index (χ1n) is 7.92. The predicted molar refractivity (Wildman–Crippen MR) is 84.5 cm³/mol. The van der Waals surface area contributed by atoms with Gasteiger partial charge in [0.15, 0.2) is 0 Å². The Labute approximate surface area is 131 Å². The SMILES string of the molecule is CC1O[C@H](CO)[C@H](O)[C@H](O)C1CN[C@@H](C)Cc1ccccc1. The van der Waals surface area contributed by atoms with Crippen LogP contribution < -0.4 is 5.32 Å². The van der Waals surface area contributed by atoms with Crippen LogP contribution in [0.3, 0.4) is 0 Å². The summed E-state index contributed by atoms with van der Waals surface area (Å²) in [6.45, 7) is 4.24. The molecule has 0 spiro atoms. The number of aliphatic hydroxyl groups is 3. The van der Waals surface area contributed by atoms with Crippen molar-refractivity contribution in [1.29, 1.82) is 0 Å². The molecule has 0 aromatic heterocycles. The Balaban J connectivity index is 1.85. The molecule has 2 rings (SSSR count). The maximum Gasteiger partial charge on any atom is 0.109 e. The molecular weight excluding hydrogens is 282 g/mol. The summed E-state index contributed by atoms with van der Waals surface area (Å²) in [6, 6.07) is 10.5. The zero-order valence-corrected chi connectivity index (χ0v) is 13.2. The fraction of sp³-hybridized carbons (Fsp3) is 0.647. The standard InChI is InChI=1S/C17H27NO4/c1-11(8-13-6-4-3-5-7-13)18-9-14-12(2)22-15(10-19)17(21)16(14)20/h3-7,11-12,14-21H,8-10H2,1-2H3/t11-,12?,14?,15+,16+,17-/m0/s1. The summed E-state index contributed by atoms with van der Waals surface area (Å²) >= 11 is 0. The van der Waals surface area contributed by atoms with Crippen LogP contribution in [0.1, 0.15) is 19.4 Å². The highest BCUT2D eigenvalue weighted by atomic mass is 16.5. The van der Waals surface area contributed by atoms with E-state index in [1.54, 1.807) is 0 Å². The van der Waals surface area contributed by atoms with Crippen LogP contribution in [0.15, 0.2) is 30.3 Å². The first kappa shape index (κ1) is 17.4. The Morgan fingerprint density at radius 1 is 1.18 bits per heavy atom. The third-order valence-corrected chi connectivity index (χ3v) is 4.43. The third-order valence-electron chi connectivity index (χ3n) is 4.43. The lowest BCUT2D eigenvalue weighted by atomic mass is 9.87. The van der Waals surface area contributed by atoms with Gasteiger partial charge < -0.3 is 25.4 Å². The summed E-state index contributed by atoms with van der Waals surface area (Å²) in [4.78, 5) is 0. The van der Waals surface area contributed by atoms with Crippen molar-refractivity contribution in [1.82, 2.24) is 5.32 Å². The largest absolute Gasteiger partial charge is 0.394 e. The Hall–Kier alpha value is -0.980. The number of ether oxygens (including phenoxy) is 1. The molecule has 5 nitrogen and oxygen atoms in total. The number of rotatable bonds is 6. The maximum absolute atomic E-state index is 10.2. The van der Waals surface area contributed by atoms with Crippen LogP contribution in [0, 0.1) is 5.92 Å². The van der Waals surface area contributed by atoms with E-state index in [0.717, 1.165) is 6.42 Å². The Kier molecular flexibility index (Phi) is 6.35. The first-order valence-corrected chi connectivity index (χ1v) is 7.92.